The highest BCUT2D eigenvalue weighted by molar-refractivity contribution is 4.98. The summed E-state index contributed by atoms with van der Waals surface area (Å²) >= 11 is 0. The first kappa shape index (κ1) is 13.4. The van der Waals surface area contributed by atoms with Crippen LogP contribution in [0.2, 0.25) is 0 Å². The lowest BCUT2D eigenvalue weighted by molar-refractivity contribution is 0.229. The molecule has 0 amide bonds. The van der Waals surface area contributed by atoms with E-state index in [0.29, 0.717) is 6.04 Å². The van der Waals surface area contributed by atoms with E-state index in [1.165, 1.54) is 12.8 Å². The number of hydrogen-bond acceptors (Lipinski definition) is 4. The lowest BCUT2D eigenvalue weighted by Crippen LogP contribution is -2.41. The molecular weight excluding hydrogens is 224 g/mol. The van der Waals surface area contributed by atoms with E-state index in [9.17, 15) is 0 Å². The lowest BCUT2D eigenvalue weighted by Gasteiger charge is -2.27. The van der Waals surface area contributed by atoms with Gasteiger partial charge >= 0.3 is 0 Å². The molecule has 2 unspecified atom stereocenters. The van der Waals surface area contributed by atoms with Crippen LogP contribution in [0.5, 0.6) is 0 Å². The minimum Gasteiger partial charge on any atom is -0.312 e. The van der Waals surface area contributed by atoms with E-state index < -0.39 is 0 Å². The summed E-state index contributed by atoms with van der Waals surface area (Å²) in [5.74, 6) is 0.732. The monoisotopic (exact) mass is 248 g/mol. The summed E-state index contributed by atoms with van der Waals surface area (Å²) in [6.45, 7) is 8.97. The van der Waals surface area contributed by atoms with Crippen LogP contribution in [0.15, 0.2) is 18.6 Å². The Hall–Kier alpha value is -1.00. The van der Waals surface area contributed by atoms with Crippen LogP contribution >= 0.6 is 0 Å². The Morgan fingerprint density at radius 1 is 1.56 bits per heavy atom. The Balaban J connectivity index is 1.95. The Bertz CT molecular complexity index is 341. The van der Waals surface area contributed by atoms with Crippen LogP contribution in [0.25, 0.3) is 0 Å². The minimum absolute atomic E-state index is 0.610. The Labute approximate surface area is 110 Å². The van der Waals surface area contributed by atoms with E-state index in [2.05, 4.69) is 34.0 Å². The van der Waals surface area contributed by atoms with Gasteiger partial charge in [-0.25, -0.2) is 9.97 Å². The Morgan fingerprint density at radius 3 is 3.17 bits per heavy atom. The van der Waals surface area contributed by atoms with Gasteiger partial charge in [-0.1, -0.05) is 20.3 Å². The molecule has 4 nitrogen and oxygen atoms in total. The predicted octanol–water partition coefficient (Wildman–Crippen LogP) is 1.69. The molecule has 1 saturated heterocycles. The summed E-state index contributed by atoms with van der Waals surface area (Å²) in [6.07, 6.45) is 5.92. The molecule has 1 aromatic rings. The molecule has 2 heterocycles. The van der Waals surface area contributed by atoms with E-state index in [-0.39, 0.29) is 0 Å². The number of nitrogens with one attached hydrogen (secondary N) is 1. The van der Waals surface area contributed by atoms with Crippen molar-refractivity contribution in [2.75, 3.05) is 19.6 Å². The van der Waals surface area contributed by atoms with Crippen LogP contribution < -0.4 is 5.32 Å². The fourth-order valence-corrected chi connectivity index (χ4v) is 2.47. The van der Waals surface area contributed by atoms with Crippen LogP contribution in [-0.4, -0.2) is 40.5 Å². The molecule has 4 heteroatoms. The van der Waals surface area contributed by atoms with E-state index in [1.807, 2.05) is 12.3 Å². The third-order valence-electron chi connectivity index (χ3n) is 3.87. The second kappa shape index (κ2) is 6.81. The standard InChI is InChI=1S/C14H24N4/c1-3-12(2)14-10-18(8-4-6-16-14)9-13-5-7-15-11-17-13/h5,7,11-12,14,16H,3-4,6,8-10H2,1-2H3. The molecule has 2 rings (SSSR count). The quantitative estimate of drug-likeness (QED) is 0.880. The van der Waals surface area contributed by atoms with Crippen LogP contribution in [0, 0.1) is 5.92 Å². The molecule has 1 aliphatic rings. The maximum atomic E-state index is 4.32. The first-order valence-electron chi connectivity index (χ1n) is 7.00. The zero-order valence-electron chi connectivity index (χ0n) is 11.5. The van der Waals surface area contributed by atoms with Crippen molar-refractivity contribution < 1.29 is 0 Å². The average Bonchev–Trinajstić information content (AvgIpc) is 2.65. The van der Waals surface area contributed by atoms with Crippen molar-refractivity contribution in [1.82, 2.24) is 20.2 Å². The van der Waals surface area contributed by atoms with Gasteiger partial charge in [-0.3, -0.25) is 4.90 Å². The van der Waals surface area contributed by atoms with Crippen molar-refractivity contribution in [3.63, 3.8) is 0 Å². The minimum atomic E-state index is 0.610. The first-order valence-corrected chi connectivity index (χ1v) is 7.00. The molecule has 18 heavy (non-hydrogen) atoms. The zero-order valence-corrected chi connectivity index (χ0v) is 11.5. The topological polar surface area (TPSA) is 41.1 Å². The SMILES string of the molecule is CCC(C)C1CN(Cc2ccncn2)CCCN1. The van der Waals surface area contributed by atoms with Gasteiger partial charge < -0.3 is 5.32 Å². The van der Waals surface area contributed by atoms with E-state index >= 15 is 0 Å². The predicted molar refractivity (Wildman–Crippen MR) is 73.2 cm³/mol. The van der Waals surface area contributed by atoms with Crippen LogP contribution in [0.3, 0.4) is 0 Å². The van der Waals surface area contributed by atoms with Gasteiger partial charge in [0.15, 0.2) is 0 Å². The number of nitrogens with zero attached hydrogens (tertiary/aromatic N) is 3. The zero-order chi connectivity index (χ0) is 12.8. The summed E-state index contributed by atoms with van der Waals surface area (Å²) in [5, 5.41) is 3.67. The van der Waals surface area contributed by atoms with E-state index in [0.717, 1.165) is 37.8 Å². The van der Waals surface area contributed by atoms with Crippen molar-refractivity contribution in [3.05, 3.63) is 24.3 Å². The maximum Gasteiger partial charge on any atom is 0.115 e. The number of aromatic nitrogens is 2. The molecule has 0 radical (unpaired) electrons. The lowest BCUT2D eigenvalue weighted by atomic mass is 9.99. The van der Waals surface area contributed by atoms with Gasteiger partial charge in [0.1, 0.15) is 6.33 Å². The van der Waals surface area contributed by atoms with Crippen molar-refractivity contribution in [2.24, 2.45) is 5.92 Å². The second-order valence-electron chi connectivity index (χ2n) is 5.24. The molecule has 1 aromatic heterocycles. The van der Waals surface area contributed by atoms with Gasteiger partial charge in [-0.2, -0.15) is 0 Å². The Kier molecular flexibility index (Phi) is 5.08. The van der Waals surface area contributed by atoms with Gasteiger partial charge in [-0.15, -0.1) is 0 Å². The average molecular weight is 248 g/mol. The summed E-state index contributed by atoms with van der Waals surface area (Å²) in [6, 6.07) is 2.62. The molecule has 0 saturated carbocycles. The molecule has 1 fully saturated rings. The highest BCUT2D eigenvalue weighted by Crippen LogP contribution is 2.13. The van der Waals surface area contributed by atoms with Gasteiger partial charge in [-0.05, 0) is 31.5 Å². The van der Waals surface area contributed by atoms with E-state index in [4.69, 9.17) is 0 Å². The van der Waals surface area contributed by atoms with Gasteiger partial charge in [0.25, 0.3) is 0 Å². The number of rotatable bonds is 4. The molecule has 100 valence electrons. The third-order valence-corrected chi connectivity index (χ3v) is 3.87. The molecular formula is C14H24N4. The molecule has 2 atom stereocenters. The highest BCUT2D eigenvalue weighted by Gasteiger charge is 2.21. The normalized spacial score (nSPS) is 23.6. The fourth-order valence-electron chi connectivity index (χ4n) is 2.47. The second-order valence-corrected chi connectivity index (χ2v) is 5.24. The largest absolute Gasteiger partial charge is 0.312 e. The van der Waals surface area contributed by atoms with Crippen LogP contribution in [-0.2, 0) is 6.54 Å². The smallest absolute Gasteiger partial charge is 0.115 e. The Morgan fingerprint density at radius 2 is 2.44 bits per heavy atom. The highest BCUT2D eigenvalue weighted by atomic mass is 15.2. The molecule has 0 aromatic carbocycles. The van der Waals surface area contributed by atoms with Crippen molar-refractivity contribution in [2.45, 2.75) is 39.3 Å². The van der Waals surface area contributed by atoms with E-state index in [1.54, 1.807) is 6.33 Å². The van der Waals surface area contributed by atoms with Crippen molar-refractivity contribution >= 4 is 0 Å². The summed E-state index contributed by atoms with van der Waals surface area (Å²) in [4.78, 5) is 10.8. The fraction of sp³-hybridized carbons (Fsp3) is 0.714. The van der Waals surface area contributed by atoms with Gasteiger partial charge in [0.2, 0.25) is 0 Å². The van der Waals surface area contributed by atoms with Crippen molar-refractivity contribution in [3.8, 4) is 0 Å². The molecule has 0 spiro atoms. The van der Waals surface area contributed by atoms with Gasteiger partial charge in [0.05, 0.1) is 5.69 Å². The van der Waals surface area contributed by atoms with Crippen molar-refractivity contribution in [1.29, 1.82) is 0 Å². The summed E-state index contributed by atoms with van der Waals surface area (Å²) in [5.41, 5.74) is 1.12. The molecule has 0 bridgehead atoms. The molecule has 1 aliphatic heterocycles. The first-order chi connectivity index (χ1) is 8.79. The molecule has 0 aliphatic carbocycles. The number of hydrogen-bond donors (Lipinski definition) is 1. The van der Waals surface area contributed by atoms with Gasteiger partial charge in [0, 0.05) is 25.3 Å². The third kappa shape index (κ3) is 3.75. The van der Waals surface area contributed by atoms with Crippen LogP contribution in [0.4, 0.5) is 0 Å². The molecule has 1 N–H and O–H groups in total. The summed E-state index contributed by atoms with van der Waals surface area (Å²) < 4.78 is 0. The summed E-state index contributed by atoms with van der Waals surface area (Å²) in [7, 11) is 0. The maximum absolute atomic E-state index is 4.32. The van der Waals surface area contributed by atoms with Crippen LogP contribution in [0.1, 0.15) is 32.4 Å².